The highest BCUT2D eigenvalue weighted by atomic mass is 16.6. The van der Waals surface area contributed by atoms with Crippen LogP contribution in [0.5, 0.6) is 0 Å². The van der Waals surface area contributed by atoms with Crippen LogP contribution in [0.1, 0.15) is 67.2 Å². The van der Waals surface area contributed by atoms with E-state index in [4.69, 9.17) is 4.74 Å². The number of hydrogen-bond acceptors (Lipinski definition) is 3. The van der Waals surface area contributed by atoms with Crippen LogP contribution in [0.15, 0.2) is 0 Å². The van der Waals surface area contributed by atoms with Crippen LogP contribution in [0.2, 0.25) is 0 Å². The largest absolute Gasteiger partial charge is 0.444 e. The third kappa shape index (κ3) is 6.99. The molecule has 1 aliphatic rings. The molecule has 0 spiro atoms. The summed E-state index contributed by atoms with van der Waals surface area (Å²) >= 11 is 0. The van der Waals surface area contributed by atoms with Gasteiger partial charge in [-0.3, -0.25) is 0 Å². The van der Waals surface area contributed by atoms with Crippen molar-refractivity contribution in [2.24, 2.45) is 11.8 Å². The molecule has 1 aliphatic carbocycles. The average Bonchev–Trinajstić information content (AvgIpc) is 2.42. The Morgan fingerprint density at radius 2 is 2.00 bits per heavy atom. The Kier molecular flexibility index (Phi) is 7.67. The highest BCUT2D eigenvalue weighted by molar-refractivity contribution is 5.68. The first kappa shape index (κ1) is 19.3. The normalized spacial score (nSPS) is 22.7. The predicted molar refractivity (Wildman–Crippen MR) is 92.1 cm³/mol. The summed E-state index contributed by atoms with van der Waals surface area (Å²) in [7, 11) is 0. The van der Waals surface area contributed by atoms with E-state index in [1.807, 2.05) is 27.7 Å². The molecule has 0 aliphatic heterocycles. The van der Waals surface area contributed by atoms with Crippen molar-refractivity contribution in [3.8, 4) is 0 Å². The van der Waals surface area contributed by atoms with E-state index >= 15 is 0 Å². The number of hydrogen-bond donors (Lipinski definition) is 1. The van der Waals surface area contributed by atoms with Crippen LogP contribution in [0.25, 0.3) is 0 Å². The molecular formula is C18H36N2O2. The van der Waals surface area contributed by atoms with E-state index in [1.54, 1.807) is 4.90 Å². The van der Waals surface area contributed by atoms with Gasteiger partial charge in [0.15, 0.2) is 0 Å². The maximum Gasteiger partial charge on any atom is 0.410 e. The zero-order valence-corrected chi connectivity index (χ0v) is 15.4. The standard InChI is InChI=1S/C18H36N2O2/c1-7-20(17(21)22-18(4,5)6)12-11-19-16-10-8-9-15(13-16)14(2)3/h14-16,19H,7-13H2,1-6H3. The van der Waals surface area contributed by atoms with Gasteiger partial charge in [-0.15, -0.1) is 0 Å². The topological polar surface area (TPSA) is 41.6 Å². The molecule has 1 amide bonds. The Labute approximate surface area is 137 Å². The summed E-state index contributed by atoms with van der Waals surface area (Å²) in [6, 6.07) is 0.610. The van der Waals surface area contributed by atoms with Gasteiger partial charge in [-0.05, 0) is 52.4 Å². The third-order valence-corrected chi connectivity index (χ3v) is 4.51. The summed E-state index contributed by atoms with van der Waals surface area (Å²) in [5.74, 6) is 1.62. The SMILES string of the molecule is CCN(CCNC1CCCC(C(C)C)C1)C(=O)OC(C)(C)C. The van der Waals surface area contributed by atoms with Gasteiger partial charge in [-0.2, -0.15) is 0 Å². The van der Waals surface area contributed by atoms with Gasteiger partial charge >= 0.3 is 6.09 Å². The van der Waals surface area contributed by atoms with Crippen LogP contribution >= 0.6 is 0 Å². The summed E-state index contributed by atoms with van der Waals surface area (Å²) in [5.41, 5.74) is -0.425. The fourth-order valence-electron chi connectivity index (χ4n) is 3.13. The molecular weight excluding hydrogens is 276 g/mol. The van der Waals surface area contributed by atoms with Gasteiger partial charge < -0.3 is 15.0 Å². The van der Waals surface area contributed by atoms with Crippen LogP contribution in [-0.2, 0) is 4.74 Å². The van der Waals surface area contributed by atoms with Crippen LogP contribution in [-0.4, -0.2) is 42.3 Å². The monoisotopic (exact) mass is 312 g/mol. The van der Waals surface area contributed by atoms with E-state index < -0.39 is 5.60 Å². The first-order valence-electron chi connectivity index (χ1n) is 8.94. The molecule has 2 atom stereocenters. The van der Waals surface area contributed by atoms with Crippen molar-refractivity contribution in [1.29, 1.82) is 0 Å². The minimum absolute atomic E-state index is 0.208. The highest BCUT2D eigenvalue weighted by Gasteiger charge is 2.24. The molecule has 2 unspecified atom stereocenters. The lowest BCUT2D eigenvalue weighted by Gasteiger charge is -2.33. The van der Waals surface area contributed by atoms with Gasteiger partial charge in [0.1, 0.15) is 5.60 Å². The van der Waals surface area contributed by atoms with Crippen molar-refractivity contribution in [2.45, 2.75) is 78.9 Å². The average molecular weight is 312 g/mol. The summed E-state index contributed by atoms with van der Waals surface area (Å²) < 4.78 is 5.44. The lowest BCUT2D eigenvalue weighted by atomic mass is 9.79. The van der Waals surface area contributed by atoms with Crippen LogP contribution < -0.4 is 5.32 Å². The second kappa shape index (κ2) is 8.76. The van der Waals surface area contributed by atoms with Crippen molar-refractivity contribution in [3.05, 3.63) is 0 Å². The fraction of sp³-hybridized carbons (Fsp3) is 0.944. The Balaban J connectivity index is 2.33. The van der Waals surface area contributed by atoms with Gasteiger partial charge in [0.25, 0.3) is 0 Å². The van der Waals surface area contributed by atoms with Crippen molar-refractivity contribution >= 4 is 6.09 Å². The van der Waals surface area contributed by atoms with E-state index in [2.05, 4.69) is 19.2 Å². The number of ether oxygens (including phenoxy) is 1. The zero-order valence-electron chi connectivity index (χ0n) is 15.4. The third-order valence-electron chi connectivity index (χ3n) is 4.51. The number of amides is 1. The second-order valence-corrected chi connectivity index (χ2v) is 7.88. The highest BCUT2D eigenvalue weighted by Crippen LogP contribution is 2.29. The number of nitrogens with zero attached hydrogens (tertiary/aromatic N) is 1. The van der Waals surface area contributed by atoms with Crippen molar-refractivity contribution < 1.29 is 9.53 Å². The summed E-state index contributed by atoms with van der Waals surface area (Å²) in [6.45, 7) is 14.6. The number of carbonyl (C=O) groups excluding carboxylic acids is 1. The zero-order chi connectivity index (χ0) is 16.8. The molecule has 4 nitrogen and oxygen atoms in total. The Morgan fingerprint density at radius 3 is 2.55 bits per heavy atom. The molecule has 1 N–H and O–H groups in total. The molecule has 0 saturated heterocycles. The first-order valence-corrected chi connectivity index (χ1v) is 8.94. The molecule has 0 aromatic carbocycles. The van der Waals surface area contributed by atoms with E-state index in [-0.39, 0.29) is 6.09 Å². The molecule has 0 radical (unpaired) electrons. The molecule has 0 heterocycles. The summed E-state index contributed by atoms with van der Waals surface area (Å²) in [5, 5.41) is 3.64. The maximum absolute atomic E-state index is 12.1. The Morgan fingerprint density at radius 1 is 1.32 bits per heavy atom. The number of carbonyl (C=O) groups is 1. The van der Waals surface area contributed by atoms with E-state index in [1.165, 1.54) is 25.7 Å². The van der Waals surface area contributed by atoms with Crippen LogP contribution in [0.3, 0.4) is 0 Å². The van der Waals surface area contributed by atoms with E-state index in [0.29, 0.717) is 19.1 Å². The van der Waals surface area contributed by atoms with Gasteiger partial charge in [-0.1, -0.05) is 26.7 Å². The maximum atomic E-state index is 12.1. The molecule has 4 heteroatoms. The molecule has 1 saturated carbocycles. The fourth-order valence-corrected chi connectivity index (χ4v) is 3.13. The van der Waals surface area contributed by atoms with Crippen LogP contribution in [0, 0.1) is 11.8 Å². The van der Waals surface area contributed by atoms with Crippen LogP contribution in [0.4, 0.5) is 4.79 Å². The molecule has 130 valence electrons. The van der Waals surface area contributed by atoms with Gasteiger partial charge in [-0.25, -0.2) is 4.79 Å². The van der Waals surface area contributed by atoms with Gasteiger partial charge in [0.05, 0.1) is 0 Å². The van der Waals surface area contributed by atoms with Gasteiger partial charge in [0, 0.05) is 25.7 Å². The summed E-state index contributed by atoms with van der Waals surface area (Å²) in [4.78, 5) is 13.9. The minimum Gasteiger partial charge on any atom is -0.444 e. The van der Waals surface area contributed by atoms with Crippen molar-refractivity contribution in [3.63, 3.8) is 0 Å². The Bertz CT molecular complexity index is 336. The lowest BCUT2D eigenvalue weighted by molar-refractivity contribution is 0.0259. The first-order chi connectivity index (χ1) is 10.2. The second-order valence-electron chi connectivity index (χ2n) is 7.88. The predicted octanol–water partition coefficient (Wildman–Crippen LogP) is 4.05. The Hall–Kier alpha value is -0.770. The molecule has 0 aromatic heterocycles. The van der Waals surface area contributed by atoms with E-state index in [0.717, 1.165) is 18.4 Å². The van der Waals surface area contributed by atoms with Gasteiger partial charge in [0.2, 0.25) is 0 Å². The van der Waals surface area contributed by atoms with E-state index in [9.17, 15) is 4.79 Å². The number of likely N-dealkylation sites (N-methyl/N-ethyl adjacent to an activating group) is 1. The molecule has 1 rings (SSSR count). The molecule has 22 heavy (non-hydrogen) atoms. The lowest BCUT2D eigenvalue weighted by Crippen LogP contribution is -2.43. The van der Waals surface area contributed by atoms with Crippen molar-refractivity contribution in [2.75, 3.05) is 19.6 Å². The molecule has 0 aromatic rings. The smallest absolute Gasteiger partial charge is 0.410 e. The minimum atomic E-state index is -0.425. The number of rotatable bonds is 6. The summed E-state index contributed by atoms with van der Waals surface area (Å²) in [6.07, 6.45) is 5.03. The molecule has 0 bridgehead atoms. The quantitative estimate of drug-likeness (QED) is 0.804. The number of nitrogens with one attached hydrogen (secondary N) is 1. The van der Waals surface area contributed by atoms with Crippen molar-refractivity contribution in [1.82, 2.24) is 10.2 Å². The molecule has 1 fully saturated rings.